The van der Waals surface area contributed by atoms with Crippen LogP contribution in [-0.4, -0.2) is 65.8 Å². The lowest BCUT2D eigenvalue weighted by Gasteiger charge is -2.42. The van der Waals surface area contributed by atoms with Crippen LogP contribution in [0, 0.1) is 5.41 Å². The molecule has 2 aliphatic rings. The fraction of sp³-hybridized carbons (Fsp3) is 0.846. The predicted molar refractivity (Wildman–Crippen MR) is 68.9 cm³/mol. The largest absolute Gasteiger partial charge is 0.480 e. The van der Waals surface area contributed by atoms with Crippen LogP contribution < -0.4 is 0 Å². The van der Waals surface area contributed by atoms with Gasteiger partial charge in [0.25, 0.3) is 0 Å². The predicted octanol–water partition coefficient (Wildman–Crippen LogP) is 1.01. The summed E-state index contributed by atoms with van der Waals surface area (Å²) >= 11 is 0. The molecule has 0 aromatic carbocycles. The normalized spacial score (nSPS) is 27.2. The van der Waals surface area contributed by atoms with Crippen LogP contribution in [0.1, 0.15) is 26.7 Å². The Morgan fingerprint density at radius 2 is 2.05 bits per heavy atom. The Labute approximate surface area is 113 Å². The van der Waals surface area contributed by atoms with Crippen LogP contribution in [0.25, 0.3) is 0 Å². The van der Waals surface area contributed by atoms with E-state index >= 15 is 0 Å². The fourth-order valence-electron chi connectivity index (χ4n) is 2.81. The second-order valence-corrected chi connectivity index (χ2v) is 6.09. The van der Waals surface area contributed by atoms with Crippen molar-refractivity contribution in [1.82, 2.24) is 9.80 Å². The second-order valence-electron chi connectivity index (χ2n) is 6.09. The van der Waals surface area contributed by atoms with Gasteiger partial charge in [0, 0.05) is 19.6 Å². The number of likely N-dealkylation sites (tertiary alicyclic amines) is 1. The average molecular weight is 270 g/mol. The van der Waals surface area contributed by atoms with Gasteiger partial charge in [-0.3, -0.25) is 0 Å². The Bertz CT molecular complexity index is 370. The summed E-state index contributed by atoms with van der Waals surface area (Å²) in [6.07, 6.45) is 2.07. The molecule has 2 saturated heterocycles. The van der Waals surface area contributed by atoms with Crippen LogP contribution in [0.4, 0.5) is 4.79 Å². The van der Waals surface area contributed by atoms with Crippen molar-refractivity contribution in [2.75, 3.05) is 32.8 Å². The maximum atomic E-state index is 12.5. The Balaban J connectivity index is 2.06. The van der Waals surface area contributed by atoms with E-state index in [-0.39, 0.29) is 18.1 Å². The first-order chi connectivity index (χ1) is 8.91. The van der Waals surface area contributed by atoms with Crippen LogP contribution in [0.15, 0.2) is 0 Å². The molecule has 0 aromatic rings. The van der Waals surface area contributed by atoms with Crippen LogP contribution in [-0.2, 0) is 9.53 Å². The van der Waals surface area contributed by atoms with E-state index < -0.39 is 12.0 Å². The van der Waals surface area contributed by atoms with E-state index in [1.165, 1.54) is 4.90 Å². The lowest BCUT2D eigenvalue weighted by Crippen LogP contribution is -2.58. The molecule has 2 amide bonds. The van der Waals surface area contributed by atoms with Crippen molar-refractivity contribution in [2.45, 2.75) is 32.7 Å². The quantitative estimate of drug-likeness (QED) is 0.772. The third-order valence-corrected chi connectivity index (χ3v) is 3.83. The SMILES string of the molecule is CC1(C)CCCN(C(=O)N2CCOCC2C(=O)O)C1. The highest BCUT2D eigenvalue weighted by Gasteiger charge is 2.37. The summed E-state index contributed by atoms with van der Waals surface area (Å²) < 4.78 is 5.16. The molecule has 2 aliphatic heterocycles. The summed E-state index contributed by atoms with van der Waals surface area (Å²) in [5, 5.41) is 9.17. The molecular weight excluding hydrogens is 248 g/mol. The summed E-state index contributed by atoms with van der Waals surface area (Å²) in [7, 11) is 0. The molecule has 2 rings (SSSR count). The van der Waals surface area contributed by atoms with Crippen molar-refractivity contribution >= 4 is 12.0 Å². The number of ether oxygens (including phenoxy) is 1. The molecule has 19 heavy (non-hydrogen) atoms. The molecule has 6 nitrogen and oxygen atoms in total. The molecule has 0 saturated carbocycles. The molecule has 0 radical (unpaired) electrons. The monoisotopic (exact) mass is 270 g/mol. The zero-order chi connectivity index (χ0) is 14.0. The van der Waals surface area contributed by atoms with Gasteiger partial charge in [-0.15, -0.1) is 0 Å². The van der Waals surface area contributed by atoms with E-state index in [1.807, 2.05) is 0 Å². The molecule has 108 valence electrons. The molecule has 0 aromatic heterocycles. The van der Waals surface area contributed by atoms with Crippen molar-refractivity contribution in [3.63, 3.8) is 0 Å². The number of hydrogen-bond acceptors (Lipinski definition) is 3. The highest BCUT2D eigenvalue weighted by Crippen LogP contribution is 2.29. The van der Waals surface area contributed by atoms with Gasteiger partial charge in [0.1, 0.15) is 0 Å². The van der Waals surface area contributed by atoms with Gasteiger partial charge in [-0.05, 0) is 18.3 Å². The van der Waals surface area contributed by atoms with Crippen LogP contribution in [0.2, 0.25) is 0 Å². The van der Waals surface area contributed by atoms with E-state index in [0.717, 1.165) is 12.8 Å². The lowest BCUT2D eigenvalue weighted by atomic mass is 9.84. The van der Waals surface area contributed by atoms with Gasteiger partial charge in [0.2, 0.25) is 0 Å². The van der Waals surface area contributed by atoms with E-state index in [1.54, 1.807) is 4.90 Å². The summed E-state index contributed by atoms with van der Waals surface area (Å²) in [6.45, 7) is 6.53. The van der Waals surface area contributed by atoms with Gasteiger partial charge >= 0.3 is 12.0 Å². The molecule has 2 fully saturated rings. The minimum atomic E-state index is -0.996. The van der Waals surface area contributed by atoms with Crippen molar-refractivity contribution in [1.29, 1.82) is 0 Å². The number of carbonyl (C=O) groups is 2. The van der Waals surface area contributed by atoms with E-state index in [2.05, 4.69) is 13.8 Å². The first-order valence-electron chi connectivity index (χ1n) is 6.77. The average Bonchev–Trinajstić information content (AvgIpc) is 2.36. The number of morpholine rings is 1. The van der Waals surface area contributed by atoms with Crippen LogP contribution in [0.3, 0.4) is 0 Å². The first-order valence-corrected chi connectivity index (χ1v) is 6.77. The molecule has 0 spiro atoms. The zero-order valence-electron chi connectivity index (χ0n) is 11.6. The number of nitrogens with zero attached hydrogens (tertiary/aromatic N) is 2. The minimum absolute atomic E-state index is 0.0817. The third-order valence-electron chi connectivity index (χ3n) is 3.83. The number of urea groups is 1. The fourth-order valence-corrected chi connectivity index (χ4v) is 2.81. The Morgan fingerprint density at radius 3 is 2.68 bits per heavy atom. The van der Waals surface area contributed by atoms with Gasteiger partial charge in [-0.1, -0.05) is 13.8 Å². The highest BCUT2D eigenvalue weighted by atomic mass is 16.5. The van der Waals surface area contributed by atoms with Crippen molar-refractivity contribution in [3.05, 3.63) is 0 Å². The third kappa shape index (κ3) is 3.18. The zero-order valence-corrected chi connectivity index (χ0v) is 11.6. The second kappa shape index (κ2) is 5.36. The number of amides is 2. The Hall–Kier alpha value is -1.30. The summed E-state index contributed by atoms with van der Waals surface area (Å²) in [5.41, 5.74) is 0.110. The van der Waals surface area contributed by atoms with E-state index in [9.17, 15) is 9.59 Å². The van der Waals surface area contributed by atoms with Gasteiger partial charge < -0.3 is 19.6 Å². The first kappa shape index (κ1) is 14.1. The Morgan fingerprint density at radius 1 is 1.32 bits per heavy atom. The summed E-state index contributed by atoms with van der Waals surface area (Å²) in [4.78, 5) is 26.9. The molecule has 1 atom stereocenters. The standard InChI is InChI=1S/C13H22N2O4/c1-13(2)4-3-5-14(9-13)12(18)15-6-7-19-8-10(15)11(16)17/h10H,3-9H2,1-2H3,(H,16,17). The lowest BCUT2D eigenvalue weighted by molar-refractivity contribution is -0.147. The maximum absolute atomic E-state index is 12.5. The van der Waals surface area contributed by atoms with Crippen LogP contribution in [0.5, 0.6) is 0 Å². The molecular formula is C13H22N2O4. The molecule has 1 N–H and O–H groups in total. The summed E-state index contributed by atoms with van der Waals surface area (Å²) in [5.74, 6) is -0.996. The number of hydrogen-bond donors (Lipinski definition) is 1. The van der Waals surface area contributed by atoms with E-state index in [0.29, 0.717) is 26.2 Å². The van der Waals surface area contributed by atoms with Gasteiger partial charge in [0.05, 0.1) is 13.2 Å². The molecule has 6 heteroatoms. The summed E-state index contributed by atoms with van der Waals surface area (Å²) in [6, 6.07) is -1.02. The highest BCUT2D eigenvalue weighted by molar-refractivity contribution is 5.83. The van der Waals surface area contributed by atoms with Gasteiger partial charge in [0.15, 0.2) is 6.04 Å². The van der Waals surface area contributed by atoms with E-state index in [4.69, 9.17) is 9.84 Å². The number of rotatable bonds is 1. The number of aliphatic carboxylic acids is 1. The molecule has 0 bridgehead atoms. The number of carboxylic acids is 1. The maximum Gasteiger partial charge on any atom is 0.328 e. The van der Waals surface area contributed by atoms with Gasteiger partial charge in [-0.25, -0.2) is 9.59 Å². The number of carboxylic acid groups (broad SMARTS) is 1. The van der Waals surface area contributed by atoms with Crippen molar-refractivity contribution < 1.29 is 19.4 Å². The molecule has 1 unspecified atom stereocenters. The van der Waals surface area contributed by atoms with Crippen molar-refractivity contribution in [2.24, 2.45) is 5.41 Å². The molecule has 2 heterocycles. The number of carbonyl (C=O) groups excluding carboxylic acids is 1. The minimum Gasteiger partial charge on any atom is -0.480 e. The van der Waals surface area contributed by atoms with Crippen molar-refractivity contribution in [3.8, 4) is 0 Å². The Kier molecular flexibility index (Phi) is 3.99. The van der Waals surface area contributed by atoms with Gasteiger partial charge in [-0.2, -0.15) is 0 Å². The smallest absolute Gasteiger partial charge is 0.328 e. The topological polar surface area (TPSA) is 70.1 Å². The van der Waals surface area contributed by atoms with Crippen LogP contribution >= 0.6 is 0 Å². The number of piperidine rings is 1. The molecule has 0 aliphatic carbocycles.